The third kappa shape index (κ3) is 4.68. The highest BCUT2D eigenvalue weighted by Crippen LogP contribution is 1.88. The molecule has 0 spiro atoms. The smallest absolute Gasteiger partial charge is 0.201 e. The van der Waals surface area contributed by atoms with Crippen molar-refractivity contribution in [2.24, 2.45) is 5.92 Å². The molecule has 0 aromatic heterocycles. The molecule has 5 nitrogen and oxygen atoms in total. The topological polar surface area (TPSA) is 86.6 Å². The van der Waals surface area contributed by atoms with Gasteiger partial charge in [0.25, 0.3) is 0 Å². The van der Waals surface area contributed by atoms with Gasteiger partial charge in [0.15, 0.2) is 0 Å². The molecule has 0 saturated heterocycles. The molecule has 0 aliphatic heterocycles. The van der Waals surface area contributed by atoms with Crippen LogP contribution in [0.4, 0.5) is 0 Å². The molecule has 0 radical (unpaired) electrons. The third-order valence-electron chi connectivity index (χ3n) is 1.03. The van der Waals surface area contributed by atoms with Gasteiger partial charge in [0.05, 0.1) is 0 Å². The summed E-state index contributed by atoms with van der Waals surface area (Å²) < 4.78 is 21.9. The summed E-state index contributed by atoms with van der Waals surface area (Å²) in [6.07, 6.45) is 0. The molecule has 0 fully saturated rings. The van der Waals surface area contributed by atoms with Crippen molar-refractivity contribution in [1.82, 2.24) is 4.72 Å². The number of nitrogens with one attached hydrogen (secondary N) is 1. The Morgan fingerprint density at radius 1 is 1.30 bits per heavy atom. The van der Waals surface area contributed by atoms with Crippen LogP contribution in [0.1, 0.15) is 0 Å². The van der Waals surface area contributed by atoms with Crippen molar-refractivity contribution < 1.29 is 18.6 Å². The van der Waals surface area contributed by atoms with Gasteiger partial charge in [-0.05, 0) is 0 Å². The summed E-state index contributed by atoms with van der Waals surface area (Å²) in [5, 5.41) is 16.9. The molecule has 0 amide bonds. The minimum absolute atomic E-state index is 0.0890. The fourth-order valence-electron chi connectivity index (χ4n) is 0.390. The zero-order chi connectivity index (χ0) is 7.98. The van der Waals surface area contributed by atoms with Gasteiger partial charge < -0.3 is 10.2 Å². The minimum Gasteiger partial charge on any atom is -0.396 e. The highest BCUT2D eigenvalue weighted by atomic mass is 32.2. The van der Waals surface area contributed by atoms with Crippen molar-refractivity contribution in [2.45, 2.75) is 0 Å². The van der Waals surface area contributed by atoms with Gasteiger partial charge in [-0.15, -0.1) is 0 Å². The van der Waals surface area contributed by atoms with Crippen LogP contribution in [0.2, 0.25) is 0 Å². The van der Waals surface area contributed by atoms with Crippen molar-refractivity contribution >= 4 is 10.9 Å². The number of aliphatic hydroxyl groups is 2. The fourth-order valence-corrected chi connectivity index (χ4v) is 0.798. The second kappa shape index (κ2) is 5.60. The molecule has 0 saturated carbocycles. The normalized spacial score (nSPS) is 11.2. The Bertz CT molecular complexity index is 134. The Morgan fingerprint density at radius 2 is 1.80 bits per heavy atom. The minimum atomic E-state index is -2.62. The van der Waals surface area contributed by atoms with E-state index in [0.717, 1.165) is 0 Å². The van der Waals surface area contributed by atoms with Gasteiger partial charge in [-0.2, -0.15) is 0 Å². The zero-order valence-electron chi connectivity index (χ0n) is 5.36. The lowest BCUT2D eigenvalue weighted by Crippen LogP contribution is -2.26. The SMILES string of the molecule is O=[SH](=O)NCC(CO)CO. The lowest BCUT2D eigenvalue weighted by molar-refractivity contribution is 0.153. The van der Waals surface area contributed by atoms with Crippen LogP contribution < -0.4 is 4.72 Å². The van der Waals surface area contributed by atoms with Crippen LogP contribution in [0.25, 0.3) is 0 Å². The lowest BCUT2D eigenvalue weighted by atomic mass is 10.2. The highest BCUT2D eigenvalue weighted by molar-refractivity contribution is 7.70. The molecule has 3 N–H and O–H groups in total. The molecule has 62 valence electrons. The fraction of sp³-hybridized carbons (Fsp3) is 1.00. The molecule has 0 aliphatic carbocycles. The number of thiol groups is 1. The average molecular weight is 169 g/mol. The number of hydrogen-bond acceptors (Lipinski definition) is 4. The van der Waals surface area contributed by atoms with E-state index >= 15 is 0 Å². The van der Waals surface area contributed by atoms with Crippen LogP contribution in [0, 0.1) is 5.92 Å². The summed E-state index contributed by atoms with van der Waals surface area (Å²) >= 11 is 0. The van der Waals surface area contributed by atoms with Crippen molar-refractivity contribution in [3.8, 4) is 0 Å². The molecule has 0 unspecified atom stereocenters. The molecule has 0 aromatic carbocycles. The number of rotatable bonds is 5. The lowest BCUT2D eigenvalue weighted by Gasteiger charge is -2.07. The molecule has 10 heavy (non-hydrogen) atoms. The van der Waals surface area contributed by atoms with Crippen molar-refractivity contribution in [2.75, 3.05) is 19.8 Å². The monoisotopic (exact) mass is 169 g/mol. The maximum atomic E-state index is 9.90. The van der Waals surface area contributed by atoms with Gasteiger partial charge in [0, 0.05) is 25.7 Å². The van der Waals surface area contributed by atoms with E-state index in [-0.39, 0.29) is 19.8 Å². The van der Waals surface area contributed by atoms with Gasteiger partial charge in [-0.1, -0.05) is 0 Å². The first-order chi connectivity index (χ1) is 4.70. The predicted molar refractivity (Wildman–Crippen MR) is 36.0 cm³/mol. The van der Waals surface area contributed by atoms with Crippen LogP contribution in [-0.2, 0) is 10.9 Å². The van der Waals surface area contributed by atoms with Gasteiger partial charge in [-0.3, -0.25) is 0 Å². The van der Waals surface area contributed by atoms with Crippen molar-refractivity contribution in [1.29, 1.82) is 0 Å². The standard InChI is InChI=1S/C4H11NO4S/c6-2-4(3-7)1-5-10(8)9/h4,6-7,10H,1-3H2,(H,5,8,9). The third-order valence-corrected chi connectivity index (χ3v) is 1.47. The molecular weight excluding hydrogens is 158 g/mol. The molecule has 6 heteroatoms. The van der Waals surface area contributed by atoms with E-state index in [1.54, 1.807) is 0 Å². The molecular formula is C4H11NO4S. The van der Waals surface area contributed by atoms with Gasteiger partial charge >= 0.3 is 0 Å². The quantitative estimate of drug-likeness (QED) is 0.349. The van der Waals surface area contributed by atoms with E-state index in [1.807, 2.05) is 0 Å². The Balaban J connectivity index is 3.44. The van der Waals surface area contributed by atoms with E-state index in [9.17, 15) is 8.42 Å². The van der Waals surface area contributed by atoms with Crippen LogP contribution in [0.3, 0.4) is 0 Å². The summed E-state index contributed by atoms with van der Waals surface area (Å²) in [6.45, 7) is -0.342. The first-order valence-electron chi connectivity index (χ1n) is 2.80. The second-order valence-corrected chi connectivity index (χ2v) is 2.68. The Hall–Kier alpha value is -0.170. The van der Waals surface area contributed by atoms with Crippen LogP contribution in [0.15, 0.2) is 0 Å². The molecule has 0 aromatic rings. The summed E-state index contributed by atoms with van der Waals surface area (Å²) in [5.41, 5.74) is 0. The molecule has 0 bridgehead atoms. The van der Waals surface area contributed by atoms with E-state index in [0.29, 0.717) is 0 Å². The Kier molecular flexibility index (Phi) is 5.51. The molecule has 0 heterocycles. The number of hydrogen-bond donors (Lipinski definition) is 4. The van der Waals surface area contributed by atoms with Crippen molar-refractivity contribution in [3.05, 3.63) is 0 Å². The molecule has 0 rings (SSSR count). The zero-order valence-corrected chi connectivity index (χ0v) is 6.25. The Labute approximate surface area is 60.8 Å². The first-order valence-corrected chi connectivity index (χ1v) is 3.98. The average Bonchev–Trinajstić information content (AvgIpc) is 1.90. The maximum absolute atomic E-state index is 9.90. The van der Waals surface area contributed by atoms with Gasteiger partial charge in [0.1, 0.15) is 0 Å². The van der Waals surface area contributed by atoms with E-state index in [1.165, 1.54) is 0 Å². The first kappa shape index (κ1) is 9.83. The van der Waals surface area contributed by atoms with E-state index < -0.39 is 16.8 Å². The van der Waals surface area contributed by atoms with E-state index in [4.69, 9.17) is 10.2 Å². The summed E-state index contributed by atoms with van der Waals surface area (Å²) in [6, 6.07) is 0. The number of aliphatic hydroxyl groups excluding tert-OH is 2. The largest absolute Gasteiger partial charge is 0.396 e. The van der Waals surface area contributed by atoms with Crippen LogP contribution in [0.5, 0.6) is 0 Å². The van der Waals surface area contributed by atoms with Crippen molar-refractivity contribution in [3.63, 3.8) is 0 Å². The second-order valence-electron chi connectivity index (χ2n) is 1.85. The summed E-state index contributed by atoms with van der Waals surface area (Å²) in [4.78, 5) is 0. The summed E-state index contributed by atoms with van der Waals surface area (Å²) in [5.74, 6) is -0.395. The molecule has 0 atom stereocenters. The van der Waals surface area contributed by atoms with Gasteiger partial charge in [-0.25, -0.2) is 13.1 Å². The van der Waals surface area contributed by atoms with Crippen LogP contribution in [-0.4, -0.2) is 38.4 Å². The predicted octanol–water partition coefficient (Wildman–Crippen LogP) is -2.30. The highest BCUT2D eigenvalue weighted by Gasteiger charge is 2.03. The summed E-state index contributed by atoms with van der Waals surface area (Å²) in [7, 11) is -2.62. The van der Waals surface area contributed by atoms with E-state index in [2.05, 4.69) is 4.72 Å². The van der Waals surface area contributed by atoms with Crippen LogP contribution >= 0.6 is 0 Å². The Morgan fingerprint density at radius 3 is 2.10 bits per heavy atom. The van der Waals surface area contributed by atoms with Gasteiger partial charge in [0.2, 0.25) is 10.9 Å². The molecule has 0 aliphatic rings. The maximum Gasteiger partial charge on any atom is 0.201 e.